The molecule has 0 saturated carbocycles. The lowest BCUT2D eigenvalue weighted by Crippen LogP contribution is -2.21. The first-order chi connectivity index (χ1) is 9.11. The summed E-state index contributed by atoms with van der Waals surface area (Å²) in [5.74, 6) is 0. The number of hydrogen-bond acceptors (Lipinski definition) is 2. The van der Waals surface area contributed by atoms with Crippen molar-refractivity contribution < 1.29 is 0 Å². The molecule has 0 bridgehead atoms. The third kappa shape index (κ3) is 3.50. The van der Waals surface area contributed by atoms with Crippen LogP contribution in [0.3, 0.4) is 0 Å². The molecule has 19 heavy (non-hydrogen) atoms. The van der Waals surface area contributed by atoms with Gasteiger partial charge in [-0.15, -0.1) is 0 Å². The Hall–Kier alpha value is -1.03. The third-order valence-corrected chi connectivity index (χ3v) is 3.88. The van der Waals surface area contributed by atoms with Gasteiger partial charge in [0.2, 0.25) is 0 Å². The van der Waals surface area contributed by atoms with Crippen LogP contribution in [0, 0.1) is 6.92 Å². The second-order valence-electron chi connectivity index (χ2n) is 4.41. The topological polar surface area (TPSA) is 38.0 Å². The van der Waals surface area contributed by atoms with E-state index in [1.807, 2.05) is 36.4 Å². The van der Waals surface area contributed by atoms with Crippen LogP contribution in [0.15, 0.2) is 46.9 Å². The van der Waals surface area contributed by atoms with E-state index in [2.05, 4.69) is 34.2 Å². The van der Waals surface area contributed by atoms with Crippen LogP contribution in [0.2, 0.25) is 5.02 Å². The Labute approximate surface area is 127 Å². The lowest BCUT2D eigenvalue weighted by molar-refractivity contribution is 0.788. The molecule has 3 N–H and O–H groups in total. The standard InChI is InChI=1S/C15H16BrClN2/c1-10-4-2-3-5-14(10)19-15(9-18)12-8-11(16)6-7-13(12)17/h2-8,15,19H,9,18H2,1H3. The van der Waals surface area contributed by atoms with Crippen LogP contribution in [-0.2, 0) is 0 Å². The molecule has 0 radical (unpaired) electrons. The maximum atomic E-state index is 6.26. The Bertz CT molecular complexity index is 572. The molecule has 100 valence electrons. The number of aryl methyl sites for hydroxylation is 1. The number of nitrogens with one attached hydrogen (secondary N) is 1. The average molecular weight is 340 g/mol. The SMILES string of the molecule is Cc1ccccc1NC(CN)c1cc(Br)ccc1Cl. The summed E-state index contributed by atoms with van der Waals surface area (Å²) in [6.07, 6.45) is 0. The number of hydrogen-bond donors (Lipinski definition) is 2. The van der Waals surface area contributed by atoms with Crippen LogP contribution in [0.5, 0.6) is 0 Å². The summed E-state index contributed by atoms with van der Waals surface area (Å²) in [7, 11) is 0. The lowest BCUT2D eigenvalue weighted by Gasteiger charge is -2.21. The highest BCUT2D eigenvalue weighted by Gasteiger charge is 2.14. The first-order valence-corrected chi connectivity index (χ1v) is 7.26. The molecule has 2 aromatic rings. The van der Waals surface area contributed by atoms with Gasteiger partial charge in [-0.2, -0.15) is 0 Å². The molecule has 1 atom stereocenters. The van der Waals surface area contributed by atoms with Gasteiger partial charge in [-0.3, -0.25) is 0 Å². The largest absolute Gasteiger partial charge is 0.377 e. The van der Waals surface area contributed by atoms with Crippen molar-refractivity contribution in [1.82, 2.24) is 0 Å². The predicted octanol–water partition coefficient (Wildman–Crippen LogP) is 4.52. The van der Waals surface area contributed by atoms with Gasteiger partial charge in [0, 0.05) is 21.7 Å². The van der Waals surface area contributed by atoms with Crippen molar-refractivity contribution in [1.29, 1.82) is 0 Å². The fourth-order valence-electron chi connectivity index (χ4n) is 1.97. The molecule has 0 saturated heterocycles. The number of nitrogens with two attached hydrogens (primary N) is 1. The van der Waals surface area contributed by atoms with E-state index in [4.69, 9.17) is 17.3 Å². The van der Waals surface area contributed by atoms with Crippen LogP contribution < -0.4 is 11.1 Å². The van der Waals surface area contributed by atoms with E-state index >= 15 is 0 Å². The zero-order chi connectivity index (χ0) is 13.8. The van der Waals surface area contributed by atoms with Crippen LogP contribution in [0.4, 0.5) is 5.69 Å². The Morgan fingerprint density at radius 2 is 2.00 bits per heavy atom. The van der Waals surface area contributed by atoms with Crippen molar-refractivity contribution in [2.24, 2.45) is 5.73 Å². The van der Waals surface area contributed by atoms with Crippen LogP contribution >= 0.6 is 27.5 Å². The van der Waals surface area contributed by atoms with Crippen molar-refractivity contribution in [3.63, 3.8) is 0 Å². The fraction of sp³-hybridized carbons (Fsp3) is 0.200. The molecule has 0 aromatic heterocycles. The van der Waals surface area contributed by atoms with Gasteiger partial charge in [0.1, 0.15) is 0 Å². The molecule has 0 spiro atoms. The van der Waals surface area contributed by atoms with E-state index in [9.17, 15) is 0 Å². The van der Waals surface area contributed by atoms with Crippen molar-refractivity contribution in [3.05, 3.63) is 63.1 Å². The molecule has 0 fully saturated rings. The first kappa shape index (κ1) is 14.4. The quantitative estimate of drug-likeness (QED) is 0.859. The Morgan fingerprint density at radius 3 is 2.68 bits per heavy atom. The molecule has 0 aliphatic rings. The van der Waals surface area contributed by atoms with Crippen molar-refractivity contribution in [2.75, 3.05) is 11.9 Å². The Kier molecular flexibility index (Phi) is 4.86. The maximum absolute atomic E-state index is 6.26. The molecule has 2 aromatic carbocycles. The number of anilines is 1. The average Bonchev–Trinajstić information content (AvgIpc) is 2.41. The van der Waals surface area contributed by atoms with Gasteiger partial charge in [-0.05, 0) is 42.3 Å². The maximum Gasteiger partial charge on any atom is 0.0651 e. The van der Waals surface area contributed by atoms with Gasteiger partial charge in [0.25, 0.3) is 0 Å². The zero-order valence-electron chi connectivity index (χ0n) is 10.7. The summed E-state index contributed by atoms with van der Waals surface area (Å²) in [4.78, 5) is 0. The van der Waals surface area contributed by atoms with E-state index < -0.39 is 0 Å². The van der Waals surface area contributed by atoms with Gasteiger partial charge in [-0.25, -0.2) is 0 Å². The molecular formula is C15H16BrClN2. The second kappa shape index (κ2) is 6.42. The highest BCUT2D eigenvalue weighted by molar-refractivity contribution is 9.10. The van der Waals surface area contributed by atoms with Crippen molar-refractivity contribution >= 4 is 33.2 Å². The Balaban J connectivity index is 2.30. The summed E-state index contributed by atoms with van der Waals surface area (Å²) in [5, 5.41) is 4.17. The smallest absolute Gasteiger partial charge is 0.0651 e. The molecule has 0 heterocycles. The first-order valence-electron chi connectivity index (χ1n) is 6.09. The number of para-hydroxylation sites is 1. The summed E-state index contributed by atoms with van der Waals surface area (Å²) < 4.78 is 0.997. The monoisotopic (exact) mass is 338 g/mol. The highest BCUT2D eigenvalue weighted by Crippen LogP contribution is 2.29. The van der Waals surface area contributed by atoms with Crippen LogP contribution in [0.1, 0.15) is 17.2 Å². The van der Waals surface area contributed by atoms with E-state index in [0.717, 1.165) is 20.7 Å². The summed E-state index contributed by atoms with van der Waals surface area (Å²) in [5.41, 5.74) is 9.15. The van der Waals surface area contributed by atoms with Gasteiger partial charge >= 0.3 is 0 Å². The van der Waals surface area contributed by atoms with Crippen molar-refractivity contribution in [3.8, 4) is 0 Å². The van der Waals surface area contributed by atoms with Gasteiger partial charge in [-0.1, -0.05) is 45.7 Å². The normalized spacial score (nSPS) is 12.2. The number of rotatable bonds is 4. The van der Waals surface area contributed by atoms with Gasteiger partial charge in [0.05, 0.1) is 6.04 Å². The molecule has 0 amide bonds. The van der Waals surface area contributed by atoms with Crippen LogP contribution in [0.25, 0.3) is 0 Å². The molecule has 0 aliphatic carbocycles. The predicted molar refractivity (Wildman–Crippen MR) is 85.7 cm³/mol. The van der Waals surface area contributed by atoms with Gasteiger partial charge < -0.3 is 11.1 Å². The molecular weight excluding hydrogens is 324 g/mol. The minimum atomic E-state index is -0.00824. The zero-order valence-corrected chi connectivity index (χ0v) is 13.0. The van der Waals surface area contributed by atoms with Crippen LogP contribution in [-0.4, -0.2) is 6.54 Å². The number of halogens is 2. The molecule has 2 nitrogen and oxygen atoms in total. The fourth-order valence-corrected chi connectivity index (χ4v) is 2.60. The minimum Gasteiger partial charge on any atom is -0.377 e. The van der Waals surface area contributed by atoms with Gasteiger partial charge in [0.15, 0.2) is 0 Å². The molecule has 2 rings (SSSR count). The minimum absolute atomic E-state index is 0.00824. The number of benzene rings is 2. The molecule has 1 unspecified atom stereocenters. The lowest BCUT2D eigenvalue weighted by atomic mass is 10.1. The highest BCUT2D eigenvalue weighted by atomic mass is 79.9. The third-order valence-electron chi connectivity index (χ3n) is 3.04. The summed E-state index contributed by atoms with van der Waals surface area (Å²) >= 11 is 9.73. The molecule has 4 heteroatoms. The summed E-state index contributed by atoms with van der Waals surface area (Å²) in [6.45, 7) is 2.54. The van der Waals surface area contributed by atoms with E-state index in [0.29, 0.717) is 6.54 Å². The van der Waals surface area contributed by atoms with E-state index in [1.54, 1.807) is 0 Å². The second-order valence-corrected chi connectivity index (χ2v) is 5.74. The van der Waals surface area contributed by atoms with E-state index in [1.165, 1.54) is 5.56 Å². The van der Waals surface area contributed by atoms with Crippen molar-refractivity contribution in [2.45, 2.75) is 13.0 Å². The summed E-state index contributed by atoms with van der Waals surface area (Å²) in [6, 6.07) is 13.9. The Morgan fingerprint density at radius 1 is 1.26 bits per heavy atom. The molecule has 0 aliphatic heterocycles. The van der Waals surface area contributed by atoms with E-state index in [-0.39, 0.29) is 6.04 Å².